The van der Waals surface area contributed by atoms with Crippen molar-refractivity contribution >= 4 is 28.9 Å². The van der Waals surface area contributed by atoms with Gasteiger partial charge >= 0.3 is 5.97 Å². The van der Waals surface area contributed by atoms with E-state index in [-0.39, 0.29) is 17.0 Å². The summed E-state index contributed by atoms with van der Waals surface area (Å²) in [6.45, 7) is 18.3. The molecule has 1 N–H and O–H groups in total. The minimum Gasteiger partial charge on any atom is -0.477 e. The molecule has 1 aliphatic carbocycles. The Hall–Kier alpha value is -3.49. The van der Waals surface area contributed by atoms with Crippen molar-refractivity contribution < 1.29 is 19.1 Å². The van der Waals surface area contributed by atoms with Gasteiger partial charge in [-0.2, -0.15) is 0 Å². The first-order valence-electron chi connectivity index (χ1n) is 14.6. The molecule has 0 atom stereocenters. The fourth-order valence-electron chi connectivity index (χ4n) is 6.25. The predicted octanol–water partition coefficient (Wildman–Crippen LogP) is 6.35. The zero-order chi connectivity index (χ0) is 29.9. The van der Waals surface area contributed by atoms with Crippen molar-refractivity contribution in [3.05, 3.63) is 46.6 Å². The van der Waals surface area contributed by atoms with Crippen LogP contribution in [0.15, 0.2) is 22.6 Å². The molecule has 1 amide bonds. The molecule has 1 saturated heterocycles. The van der Waals surface area contributed by atoms with Gasteiger partial charge in [0.15, 0.2) is 17.0 Å². The summed E-state index contributed by atoms with van der Waals surface area (Å²) in [5.41, 5.74) is 3.79. The number of pyridine rings is 1. The molecule has 9 heteroatoms. The second-order valence-corrected chi connectivity index (χ2v) is 14.3. The average molecular weight is 562 g/mol. The van der Waals surface area contributed by atoms with Crippen LogP contribution in [-0.2, 0) is 5.41 Å². The molecule has 1 aliphatic heterocycles. The monoisotopic (exact) mass is 561 g/mol. The number of aromatic carboxylic acids is 1. The van der Waals surface area contributed by atoms with E-state index in [4.69, 9.17) is 9.40 Å². The highest BCUT2D eigenvalue weighted by Crippen LogP contribution is 2.43. The number of carboxylic acids is 1. The molecule has 2 fully saturated rings. The maximum atomic E-state index is 13.9. The quantitative estimate of drug-likeness (QED) is 0.392. The molecule has 4 heterocycles. The molecule has 3 aromatic rings. The minimum atomic E-state index is -1.09. The molecule has 41 heavy (non-hydrogen) atoms. The summed E-state index contributed by atoms with van der Waals surface area (Å²) in [4.78, 5) is 43.0. The lowest BCUT2D eigenvalue weighted by Gasteiger charge is -2.46. The number of aromatic nitrogens is 3. The van der Waals surface area contributed by atoms with E-state index in [1.165, 1.54) is 18.9 Å². The first-order valence-corrected chi connectivity index (χ1v) is 14.6. The number of piperazine rings is 1. The number of aryl methyl sites for hydroxylation is 1. The van der Waals surface area contributed by atoms with Crippen LogP contribution in [0, 0.1) is 12.3 Å². The van der Waals surface area contributed by atoms with E-state index in [1.807, 2.05) is 29.7 Å². The number of hydrogen-bond donors (Lipinski definition) is 1. The molecule has 220 valence electrons. The molecular weight excluding hydrogens is 518 g/mol. The van der Waals surface area contributed by atoms with Crippen molar-refractivity contribution in [2.45, 2.75) is 97.9 Å². The van der Waals surface area contributed by atoms with Crippen LogP contribution >= 0.6 is 0 Å². The number of carboxylic acid groups (broad SMARTS) is 1. The zero-order valence-electron chi connectivity index (χ0n) is 25.7. The van der Waals surface area contributed by atoms with Crippen molar-refractivity contribution in [2.75, 3.05) is 24.5 Å². The fraction of sp³-hybridized carbons (Fsp3) is 0.594. The van der Waals surface area contributed by atoms with Crippen LogP contribution in [0.25, 0.3) is 11.1 Å². The van der Waals surface area contributed by atoms with E-state index in [0.29, 0.717) is 54.0 Å². The summed E-state index contributed by atoms with van der Waals surface area (Å²) in [6, 6.07) is 5.48. The smallest absolute Gasteiger partial charge is 0.354 e. The van der Waals surface area contributed by atoms with Crippen LogP contribution in [0.4, 0.5) is 5.95 Å². The normalized spacial score (nSPS) is 19.5. The molecule has 9 nitrogen and oxygen atoms in total. The van der Waals surface area contributed by atoms with Crippen LogP contribution in [0.2, 0.25) is 0 Å². The van der Waals surface area contributed by atoms with Crippen LogP contribution in [0.1, 0.15) is 118 Å². The van der Waals surface area contributed by atoms with Crippen LogP contribution < -0.4 is 4.90 Å². The van der Waals surface area contributed by atoms with Gasteiger partial charge in [-0.05, 0) is 69.4 Å². The Bertz CT molecular complexity index is 1490. The van der Waals surface area contributed by atoms with E-state index < -0.39 is 11.5 Å². The second-order valence-electron chi connectivity index (χ2n) is 14.3. The summed E-state index contributed by atoms with van der Waals surface area (Å²) >= 11 is 0. The number of fused-ring (bicyclic) bond motifs is 1. The highest BCUT2D eigenvalue weighted by Gasteiger charge is 2.40. The third-order valence-corrected chi connectivity index (χ3v) is 8.77. The van der Waals surface area contributed by atoms with Crippen LogP contribution in [0.3, 0.4) is 0 Å². The zero-order valence-corrected chi connectivity index (χ0v) is 25.7. The molecule has 0 radical (unpaired) electrons. The lowest BCUT2D eigenvalue weighted by molar-refractivity contribution is 0.0482. The number of nitrogens with zero attached hydrogens (tertiary/aromatic N) is 5. The van der Waals surface area contributed by atoms with E-state index in [2.05, 4.69) is 50.7 Å². The molecule has 0 spiro atoms. The van der Waals surface area contributed by atoms with Gasteiger partial charge in [0.25, 0.3) is 5.91 Å². The van der Waals surface area contributed by atoms with Crippen molar-refractivity contribution in [1.29, 1.82) is 0 Å². The summed E-state index contributed by atoms with van der Waals surface area (Å²) < 4.78 is 6.32. The first-order chi connectivity index (χ1) is 19.0. The highest BCUT2D eigenvalue weighted by atomic mass is 16.4. The van der Waals surface area contributed by atoms with E-state index in [0.717, 1.165) is 29.6 Å². The van der Waals surface area contributed by atoms with Crippen molar-refractivity contribution in [3.63, 3.8) is 0 Å². The Balaban J connectivity index is 1.43. The van der Waals surface area contributed by atoms with Gasteiger partial charge in [-0.3, -0.25) is 4.79 Å². The van der Waals surface area contributed by atoms with E-state index >= 15 is 0 Å². The van der Waals surface area contributed by atoms with Crippen molar-refractivity contribution in [2.24, 2.45) is 5.41 Å². The van der Waals surface area contributed by atoms with Gasteiger partial charge in [0.1, 0.15) is 5.52 Å². The van der Waals surface area contributed by atoms with Gasteiger partial charge < -0.3 is 19.3 Å². The number of rotatable bonds is 4. The molecule has 0 bridgehead atoms. The Labute approximate surface area is 242 Å². The van der Waals surface area contributed by atoms with Crippen molar-refractivity contribution in [1.82, 2.24) is 19.9 Å². The third kappa shape index (κ3) is 5.81. The summed E-state index contributed by atoms with van der Waals surface area (Å²) in [5.74, 6) is -0.191. The van der Waals surface area contributed by atoms with Gasteiger partial charge in [-0.15, -0.1) is 0 Å². The summed E-state index contributed by atoms with van der Waals surface area (Å²) in [5, 5.41) is 9.44. The predicted molar refractivity (Wildman–Crippen MR) is 159 cm³/mol. The van der Waals surface area contributed by atoms with Gasteiger partial charge in [-0.1, -0.05) is 34.6 Å². The molecule has 3 aromatic heterocycles. The van der Waals surface area contributed by atoms with Gasteiger partial charge in [0.05, 0.1) is 5.54 Å². The van der Waals surface area contributed by atoms with Crippen molar-refractivity contribution in [3.8, 4) is 0 Å². The number of anilines is 1. The topological polar surface area (TPSA) is 113 Å². The molecular formula is C32H43N5O4. The van der Waals surface area contributed by atoms with Crippen LogP contribution in [0.5, 0.6) is 0 Å². The largest absolute Gasteiger partial charge is 0.477 e. The maximum absolute atomic E-state index is 13.9. The van der Waals surface area contributed by atoms with Gasteiger partial charge in [-0.25, -0.2) is 19.7 Å². The maximum Gasteiger partial charge on any atom is 0.354 e. The standard InChI is InChI=1S/C32H43N5O4/c1-19-15-24(28(39)40)35-29(33-19)36-13-14-37(32(7,8)18-36)27(38)25-17-23-26(41-25)21(30(2,3)4)16-22(34-23)20-9-11-31(5,6)12-10-20/h15-17,20H,9-14,18H2,1-8H3,(H,39,40). The Morgan fingerprint density at radius 2 is 1.68 bits per heavy atom. The van der Waals surface area contributed by atoms with Crippen LogP contribution in [-0.4, -0.2) is 62.0 Å². The summed E-state index contributed by atoms with van der Waals surface area (Å²) in [6.07, 6.45) is 4.61. The summed E-state index contributed by atoms with van der Waals surface area (Å²) in [7, 11) is 0. The Morgan fingerprint density at radius 1 is 1.00 bits per heavy atom. The number of furan rings is 1. The molecule has 2 aliphatic rings. The lowest BCUT2D eigenvalue weighted by Crippen LogP contribution is -2.61. The lowest BCUT2D eigenvalue weighted by atomic mass is 9.72. The number of hydrogen-bond acceptors (Lipinski definition) is 7. The Morgan fingerprint density at radius 3 is 2.29 bits per heavy atom. The fourth-order valence-corrected chi connectivity index (χ4v) is 6.25. The van der Waals surface area contributed by atoms with Gasteiger partial charge in [0.2, 0.25) is 5.95 Å². The molecule has 5 rings (SSSR count). The third-order valence-electron chi connectivity index (χ3n) is 8.77. The average Bonchev–Trinajstić information content (AvgIpc) is 3.30. The number of amides is 1. The minimum absolute atomic E-state index is 0.0375. The number of carbonyl (C=O) groups excluding carboxylic acids is 1. The van der Waals surface area contributed by atoms with E-state index in [9.17, 15) is 14.7 Å². The Kier molecular flexibility index (Phi) is 7.15. The first kappa shape index (κ1) is 29.0. The molecule has 0 unspecified atom stereocenters. The highest BCUT2D eigenvalue weighted by molar-refractivity contribution is 5.96. The van der Waals surface area contributed by atoms with Gasteiger partial charge in [0, 0.05) is 48.6 Å². The number of carbonyl (C=O) groups is 2. The van der Waals surface area contributed by atoms with E-state index in [1.54, 1.807) is 6.92 Å². The second kappa shape index (κ2) is 10.1. The molecule has 1 saturated carbocycles. The SMILES string of the molecule is Cc1cc(C(=O)O)nc(N2CCN(C(=O)c3cc4nc(C5CCC(C)(C)CC5)cc(C(C)(C)C)c4o3)C(C)(C)C2)n1. The molecule has 0 aromatic carbocycles.